The number of halogens is 2. The minimum Gasteiger partial charge on any atom is -0.454 e. The number of carbonyl (C=O) groups excluding carboxylic acids is 4. The summed E-state index contributed by atoms with van der Waals surface area (Å²) < 4.78 is 31.5. The first-order chi connectivity index (χ1) is 14.3. The van der Waals surface area contributed by atoms with Crippen LogP contribution in [0.3, 0.4) is 0 Å². The molecule has 0 fully saturated rings. The molecule has 8 nitrogen and oxygen atoms in total. The number of nitrogens with zero attached hydrogens (tertiary/aromatic N) is 1. The number of nitrogens with one attached hydrogen (secondary N) is 1. The monoisotopic (exact) mass is 419 g/mol. The lowest BCUT2D eigenvalue weighted by atomic mass is 10.2. The molecule has 0 radical (unpaired) electrons. The van der Waals surface area contributed by atoms with E-state index in [-0.39, 0.29) is 24.2 Å². The van der Waals surface area contributed by atoms with Crippen molar-refractivity contribution in [2.75, 3.05) is 24.6 Å². The van der Waals surface area contributed by atoms with Gasteiger partial charge in [-0.15, -0.1) is 0 Å². The Morgan fingerprint density at radius 3 is 2.30 bits per heavy atom. The van der Waals surface area contributed by atoms with Crippen molar-refractivity contribution in [2.24, 2.45) is 5.73 Å². The first-order valence-electron chi connectivity index (χ1n) is 8.80. The van der Waals surface area contributed by atoms with E-state index in [9.17, 15) is 28.0 Å². The standard InChI is InChI=1S/C20H19F2N3O5/c21-13-5-7-14(8-6-13)25(10-9-17(23)26)18(27)12-30-19(28)11-24-20(29)15-3-1-2-4-16(15)22/h1-8H,9-12H2,(H2,23,26)(H,24,29). The maximum Gasteiger partial charge on any atom is 0.325 e. The number of hydrogen-bond donors (Lipinski definition) is 2. The number of rotatable bonds is 9. The van der Waals surface area contributed by atoms with Gasteiger partial charge in [0, 0.05) is 18.7 Å². The second-order valence-electron chi connectivity index (χ2n) is 6.06. The van der Waals surface area contributed by atoms with E-state index in [4.69, 9.17) is 10.5 Å². The second-order valence-corrected chi connectivity index (χ2v) is 6.06. The number of hydrogen-bond acceptors (Lipinski definition) is 5. The van der Waals surface area contributed by atoms with Gasteiger partial charge in [0.1, 0.15) is 18.2 Å². The van der Waals surface area contributed by atoms with E-state index in [1.807, 2.05) is 0 Å². The van der Waals surface area contributed by atoms with Crippen molar-refractivity contribution in [1.82, 2.24) is 5.32 Å². The summed E-state index contributed by atoms with van der Waals surface area (Å²) in [7, 11) is 0. The Labute approximate surface area is 170 Å². The van der Waals surface area contributed by atoms with Gasteiger partial charge in [-0.2, -0.15) is 0 Å². The molecule has 0 saturated heterocycles. The smallest absolute Gasteiger partial charge is 0.325 e. The highest BCUT2D eigenvalue weighted by Crippen LogP contribution is 2.16. The third-order valence-corrected chi connectivity index (χ3v) is 3.89. The van der Waals surface area contributed by atoms with Crippen molar-refractivity contribution in [2.45, 2.75) is 6.42 Å². The normalized spacial score (nSPS) is 10.2. The lowest BCUT2D eigenvalue weighted by molar-refractivity contribution is -0.146. The zero-order chi connectivity index (χ0) is 22.1. The Balaban J connectivity index is 1.91. The molecule has 30 heavy (non-hydrogen) atoms. The van der Waals surface area contributed by atoms with Crippen LogP contribution in [-0.4, -0.2) is 43.4 Å². The molecular weight excluding hydrogens is 400 g/mol. The number of amides is 3. The minimum atomic E-state index is -0.929. The van der Waals surface area contributed by atoms with Gasteiger partial charge in [-0.05, 0) is 36.4 Å². The molecule has 0 saturated carbocycles. The zero-order valence-corrected chi connectivity index (χ0v) is 15.8. The Morgan fingerprint density at radius 1 is 1.00 bits per heavy atom. The summed E-state index contributed by atoms with van der Waals surface area (Å²) in [5.74, 6) is -4.34. The lowest BCUT2D eigenvalue weighted by Gasteiger charge is -2.22. The van der Waals surface area contributed by atoms with Crippen molar-refractivity contribution in [3.8, 4) is 0 Å². The van der Waals surface area contributed by atoms with Crippen molar-refractivity contribution in [1.29, 1.82) is 0 Å². The Hall–Kier alpha value is -3.82. The van der Waals surface area contributed by atoms with E-state index < -0.39 is 48.5 Å². The fraction of sp³-hybridized carbons (Fsp3) is 0.200. The molecule has 3 amide bonds. The van der Waals surface area contributed by atoms with Gasteiger partial charge in [0.2, 0.25) is 5.91 Å². The van der Waals surface area contributed by atoms with Crippen LogP contribution >= 0.6 is 0 Å². The molecule has 0 atom stereocenters. The molecule has 0 heterocycles. The first kappa shape index (κ1) is 22.5. The van der Waals surface area contributed by atoms with Crippen LogP contribution in [0.4, 0.5) is 14.5 Å². The Bertz CT molecular complexity index is 934. The summed E-state index contributed by atoms with van der Waals surface area (Å²) >= 11 is 0. The molecule has 0 aliphatic heterocycles. The van der Waals surface area contributed by atoms with E-state index >= 15 is 0 Å². The zero-order valence-electron chi connectivity index (χ0n) is 15.8. The van der Waals surface area contributed by atoms with Crippen LogP contribution in [0.1, 0.15) is 16.8 Å². The molecular formula is C20H19F2N3O5. The molecule has 158 valence electrons. The van der Waals surface area contributed by atoms with Gasteiger partial charge in [-0.25, -0.2) is 8.78 Å². The lowest BCUT2D eigenvalue weighted by Crippen LogP contribution is -2.38. The molecule has 3 N–H and O–H groups in total. The van der Waals surface area contributed by atoms with E-state index in [0.29, 0.717) is 0 Å². The molecule has 0 aliphatic carbocycles. The van der Waals surface area contributed by atoms with Gasteiger partial charge >= 0.3 is 5.97 Å². The van der Waals surface area contributed by atoms with Crippen LogP contribution in [0.25, 0.3) is 0 Å². The molecule has 0 unspecified atom stereocenters. The molecule has 10 heteroatoms. The van der Waals surface area contributed by atoms with Crippen LogP contribution in [0.5, 0.6) is 0 Å². The highest BCUT2D eigenvalue weighted by molar-refractivity contribution is 5.97. The number of ether oxygens (including phenoxy) is 1. The number of benzene rings is 2. The van der Waals surface area contributed by atoms with Gasteiger partial charge in [0.25, 0.3) is 11.8 Å². The van der Waals surface area contributed by atoms with Crippen LogP contribution in [0.2, 0.25) is 0 Å². The predicted molar refractivity (Wildman–Crippen MR) is 102 cm³/mol. The van der Waals surface area contributed by atoms with Crippen molar-refractivity contribution >= 4 is 29.4 Å². The maximum atomic E-state index is 13.5. The van der Waals surface area contributed by atoms with E-state index in [2.05, 4.69) is 5.32 Å². The topological polar surface area (TPSA) is 119 Å². The van der Waals surface area contributed by atoms with Crippen molar-refractivity contribution < 1.29 is 32.7 Å². The molecule has 2 aromatic rings. The number of carbonyl (C=O) groups is 4. The SMILES string of the molecule is NC(=O)CCN(C(=O)COC(=O)CNC(=O)c1ccccc1F)c1ccc(F)cc1. The number of esters is 1. The predicted octanol–water partition coefficient (Wildman–Crippen LogP) is 1.15. The number of nitrogens with two attached hydrogens (primary N) is 1. The molecule has 0 bridgehead atoms. The van der Waals surface area contributed by atoms with Gasteiger partial charge in [0.05, 0.1) is 5.56 Å². The highest BCUT2D eigenvalue weighted by atomic mass is 19.1. The van der Waals surface area contributed by atoms with Crippen LogP contribution < -0.4 is 16.0 Å². The highest BCUT2D eigenvalue weighted by Gasteiger charge is 2.19. The summed E-state index contributed by atoms with van der Waals surface area (Å²) in [6, 6.07) is 10.1. The molecule has 0 aliphatic rings. The summed E-state index contributed by atoms with van der Waals surface area (Å²) in [6.45, 7) is -1.37. The van der Waals surface area contributed by atoms with Crippen molar-refractivity contribution in [3.63, 3.8) is 0 Å². The van der Waals surface area contributed by atoms with Gasteiger partial charge in [0.15, 0.2) is 6.61 Å². The third kappa shape index (κ3) is 6.66. The van der Waals surface area contributed by atoms with E-state index in [0.717, 1.165) is 23.1 Å². The number of anilines is 1. The van der Waals surface area contributed by atoms with Crippen molar-refractivity contribution in [3.05, 3.63) is 65.7 Å². The van der Waals surface area contributed by atoms with Gasteiger partial charge in [-0.1, -0.05) is 12.1 Å². The molecule has 0 spiro atoms. The fourth-order valence-corrected chi connectivity index (χ4v) is 2.41. The summed E-state index contributed by atoms with van der Waals surface area (Å²) in [5.41, 5.74) is 5.15. The van der Waals surface area contributed by atoms with Gasteiger partial charge < -0.3 is 20.7 Å². The van der Waals surface area contributed by atoms with Crippen LogP contribution in [0, 0.1) is 11.6 Å². The third-order valence-electron chi connectivity index (χ3n) is 3.89. The fourth-order valence-electron chi connectivity index (χ4n) is 2.41. The van der Waals surface area contributed by atoms with Crippen LogP contribution in [0.15, 0.2) is 48.5 Å². The largest absolute Gasteiger partial charge is 0.454 e. The maximum absolute atomic E-state index is 13.5. The summed E-state index contributed by atoms with van der Waals surface area (Å²) in [6.07, 6.45) is -0.157. The molecule has 0 aromatic heterocycles. The number of primary amides is 1. The quantitative estimate of drug-likeness (QED) is 0.591. The second kappa shape index (κ2) is 10.6. The van der Waals surface area contributed by atoms with E-state index in [1.165, 1.54) is 30.3 Å². The Morgan fingerprint density at radius 2 is 1.67 bits per heavy atom. The van der Waals surface area contributed by atoms with E-state index in [1.54, 1.807) is 0 Å². The Kier molecular flexibility index (Phi) is 7.98. The molecule has 2 aromatic carbocycles. The average Bonchev–Trinajstić information content (AvgIpc) is 2.72. The minimum absolute atomic E-state index is 0.0959. The molecule has 2 rings (SSSR count). The van der Waals surface area contributed by atoms with Crippen LogP contribution in [-0.2, 0) is 19.1 Å². The average molecular weight is 419 g/mol. The first-order valence-corrected chi connectivity index (χ1v) is 8.80. The van der Waals surface area contributed by atoms with Gasteiger partial charge in [-0.3, -0.25) is 19.2 Å². The summed E-state index contributed by atoms with van der Waals surface area (Å²) in [5, 5.41) is 2.19. The summed E-state index contributed by atoms with van der Waals surface area (Å²) in [4.78, 5) is 48.3.